The molecule has 2 fully saturated rings. The van der Waals surface area contributed by atoms with Gasteiger partial charge in [0.2, 0.25) is 0 Å². The highest BCUT2D eigenvalue weighted by molar-refractivity contribution is 6.06. The van der Waals surface area contributed by atoms with Crippen LogP contribution in [0, 0.1) is 5.92 Å². The van der Waals surface area contributed by atoms with Gasteiger partial charge in [0.25, 0.3) is 0 Å². The van der Waals surface area contributed by atoms with Crippen molar-refractivity contribution in [3.8, 4) is 5.75 Å². The monoisotopic (exact) mass is 395 g/mol. The third kappa shape index (κ3) is 4.05. The third-order valence-corrected chi connectivity index (χ3v) is 5.43. The largest absolute Gasteiger partial charge is 0.494 e. The van der Waals surface area contributed by atoms with Gasteiger partial charge in [-0.3, -0.25) is 19.5 Å². The third-order valence-electron chi connectivity index (χ3n) is 5.43. The maximum absolute atomic E-state index is 12.9. The molecule has 0 unspecified atom stereocenters. The van der Waals surface area contributed by atoms with Gasteiger partial charge in [-0.25, -0.2) is 4.79 Å². The van der Waals surface area contributed by atoms with Crippen LogP contribution in [0.3, 0.4) is 0 Å². The molecule has 7 nitrogen and oxygen atoms in total. The molecule has 2 aliphatic rings. The van der Waals surface area contributed by atoms with Gasteiger partial charge >= 0.3 is 12.0 Å². The van der Waals surface area contributed by atoms with Crippen molar-refractivity contribution in [1.82, 2.24) is 4.90 Å². The number of amides is 2. The molecule has 29 heavy (non-hydrogen) atoms. The Bertz CT molecular complexity index is 876. The van der Waals surface area contributed by atoms with E-state index in [0.29, 0.717) is 32.8 Å². The van der Waals surface area contributed by atoms with Crippen molar-refractivity contribution in [2.45, 2.75) is 13.5 Å². The Morgan fingerprint density at radius 2 is 1.55 bits per heavy atom. The van der Waals surface area contributed by atoms with Crippen molar-refractivity contribution < 1.29 is 19.4 Å². The van der Waals surface area contributed by atoms with Crippen molar-refractivity contribution in [2.24, 2.45) is 5.92 Å². The van der Waals surface area contributed by atoms with Gasteiger partial charge in [-0.05, 0) is 48.9 Å². The minimum absolute atomic E-state index is 0.0334. The number of likely N-dealkylation sites (tertiary alicyclic amines) is 1. The molecule has 0 atom stereocenters. The van der Waals surface area contributed by atoms with Crippen molar-refractivity contribution in [3.05, 3.63) is 54.1 Å². The zero-order valence-corrected chi connectivity index (χ0v) is 16.5. The van der Waals surface area contributed by atoms with E-state index < -0.39 is 5.97 Å². The zero-order chi connectivity index (χ0) is 20.4. The number of hydrogen-bond donors (Lipinski definition) is 1. The average Bonchev–Trinajstić information content (AvgIpc) is 3.07. The van der Waals surface area contributed by atoms with E-state index in [1.54, 1.807) is 9.80 Å². The van der Waals surface area contributed by atoms with Crippen molar-refractivity contribution >= 4 is 23.4 Å². The fourth-order valence-electron chi connectivity index (χ4n) is 3.80. The van der Waals surface area contributed by atoms with Gasteiger partial charge in [-0.15, -0.1) is 0 Å². The number of carbonyl (C=O) groups excluding carboxylic acids is 1. The van der Waals surface area contributed by atoms with Crippen LogP contribution in [0.2, 0.25) is 0 Å². The highest BCUT2D eigenvalue weighted by Gasteiger charge is 2.33. The fraction of sp³-hybridized carbons (Fsp3) is 0.364. The van der Waals surface area contributed by atoms with Crippen LogP contribution in [0.5, 0.6) is 5.75 Å². The summed E-state index contributed by atoms with van der Waals surface area (Å²) in [4.78, 5) is 29.5. The Morgan fingerprint density at radius 1 is 1.00 bits per heavy atom. The van der Waals surface area contributed by atoms with Crippen LogP contribution < -0.4 is 14.5 Å². The molecule has 2 saturated heterocycles. The molecule has 7 heteroatoms. The van der Waals surface area contributed by atoms with Gasteiger partial charge in [0.1, 0.15) is 5.75 Å². The van der Waals surface area contributed by atoms with Crippen molar-refractivity contribution in [2.75, 3.05) is 42.6 Å². The summed E-state index contributed by atoms with van der Waals surface area (Å²) < 4.78 is 5.46. The summed E-state index contributed by atoms with van der Waals surface area (Å²) in [6, 6.07) is 15.5. The predicted octanol–water partition coefficient (Wildman–Crippen LogP) is 3.05. The average molecular weight is 395 g/mol. The number of rotatable bonds is 7. The van der Waals surface area contributed by atoms with E-state index in [-0.39, 0.29) is 11.9 Å². The number of anilines is 2. The first-order valence-corrected chi connectivity index (χ1v) is 9.91. The number of urea groups is 1. The number of aliphatic carboxylic acids is 1. The highest BCUT2D eigenvalue weighted by atomic mass is 16.5. The standard InChI is InChI=1S/C22H25N3O4/c1-2-29-20-9-7-19(8-10-20)25-12-11-24(22(25)28)18-5-3-16(4-6-18)13-23-14-17(15-23)21(26)27/h3-10,17H,2,11-15H2,1H3,(H,26,27). The summed E-state index contributed by atoms with van der Waals surface area (Å²) in [6.45, 7) is 5.76. The second-order valence-corrected chi connectivity index (χ2v) is 7.41. The van der Waals surface area contributed by atoms with E-state index in [1.807, 2.05) is 55.5 Å². The Balaban J connectivity index is 1.36. The second kappa shape index (κ2) is 8.13. The van der Waals surface area contributed by atoms with E-state index in [4.69, 9.17) is 9.84 Å². The molecule has 2 aromatic rings. The minimum Gasteiger partial charge on any atom is -0.494 e. The van der Waals surface area contributed by atoms with E-state index in [0.717, 1.165) is 29.2 Å². The maximum atomic E-state index is 12.9. The second-order valence-electron chi connectivity index (χ2n) is 7.41. The number of carboxylic acids is 1. The first kappa shape index (κ1) is 19.3. The number of ether oxygens (including phenoxy) is 1. The minimum atomic E-state index is -0.721. The number of hydrogen-bond acceptors (Lipinski definition) is 4. The van der Waals surface area contributed by atoms with Gasteiger partial charge in [0, 0.05) is 44.1 Å². The van der Waals surface area contributed by atoms with E-state index in [9.17, 15) is 9.59 Å². The summed E-state index contributed by atoms with van der Waals surface area (Å²) in [7, 11) is 0. The van der Waals surface area contributed by atoms with Crippen LogP contribution >= 0.6 is 0 Å². The number of carbonyl (C=O) groups is 2. The van der Waals surface area contributed by atoms with Gasteiger partial charge < -0.3 is 9.84 Å². The van der Waals surface area contributed by atoms with Crippen LogP contribution in [0.1, 0.15) is 12.5 Å². The lowest BCUT2D eigenvalue weighted by Crippen LogP contribution is -2.49. The summed E-state index contributed by atoms with van der Waals surface area (Å²) >= 11 is 0. The smallest absolute Gasteiger partial charge is 0.329 e. The first-order valence-electron chi connectivity index (χ1n) is 9.91. The van der Waals surface area contributed by atoms with Gasteiger partial charge in [0.15, 0.2) is 0 Å². The zero-order valence-electron chi connectivity index (χ0n) is 16.5. The molecule has 2 heterocycles. The number of carboxylic acid groups (broad SMARTS) is 1. The van der Waals surface area contributed by atoms with Crippen LogP contribution in [-0.2, 0) is 11.3 Å². The highest BCUT2D eigenvalue weighted by Crippen LogP contribution is 2.27. The normalized spacial score (nSPS) is 17.5. The molecule has 0 saturated carbocycles. The molecule has 0 radical (unpaired) electrons. The lowest BCUT2D eigenvalue weighted by molar-refractivity contribution is -0.147. The van der Waals surface area contributed by atoms with E-state index in [1.165, 1.54) is 0 Å². The predicted molar refractivity (Wildman–Crippen MR) is 111 cm³/mol. The van der Waals surface area contributed by atoms with E-state index in [2.05, 4.69) is 4.90 Å². The lowest BCUT2D eigenvalue weighted by Gasteiger charge is -2.36. The SMILES string of the molecule is CCOc1ccc(N2CCN(c3ccc(CN4CC(C(=O)O)C4)cc3)C2=O)cc1. The number of nitrogens with zero attached hydrogens (tertiary/aromatic N) is 3. The van der Waals surface area contributed by atoms with Crippen LogP contribution in [0.25, 0.3) is 0 Å². The molecule has 4 rings (SSSR count). The molecule has 0 bridgehead atoms. The Labute approximate surface area is 170 Å². The summed E-state index contributed by atoms with van der Waals surface area (Å²) in [5, 5.41) is 8.97. The van der Waals surface area contributed by atoms with Crippen molar-refractivity contribution in [1.29, 1.82) is 0 Å². The van der Waals surface area contributed by atoms with Crippen molar-refractivity contribution in [3.63, 3.8) is 0 Å². The summed E-state index contributed by atoms with van der Waals surface area (Å²) in [5.74, 6) is -0.168. The van der Waals surface area contributed by atoms with Gasteiger partial charge in [0.05, 0.1) is 12.5 Å². The molecule has 0 aromatic heterocycles. The van der Waals surface area contributed by atoms with Crippen LogP contribution in [0.15, 0.2) is 48.5 Å². The molecule has 2 aliphatic heterocycles. The lowest BCUT2D eigenvalue weighted by atomic mass is 9.99. The molecule has 0 aliphatic carbocycles. The Kier molecular flexibility index (Phi) is 5.40. The molecule has 1 N–H and O–H groups in total. The molecule has 152 valence electrons. The maximum Gasteiger partial charge on any atom is 0.329 e. The summed E-state index contributed by atoms with van der Waals surface area (Å²) in [6.07, 6.45) is 0. The van der Waals surface area contributed by atoms with E-state index >= 15 is 0 Å². The molecular formula is C22H25N3O4. The number of benzene rings is 2. The van der Waals surface area contributed by atoms with Gasteiger partial charge in [-0.1, -0.05) is 12.1 Å². The van der Waals surface area contributed by atoms with Crippen LogP contribution in [-0.4, -0.2) is 54.8 Å². The topological polar surface area (TPSA) is 73.3 Å². The van der Waals surface area contributed by atoms with Gasteiger partial charge in [-0.2, -0.15) is 0 Å². The molecule has 2 aromatic carbocycles. The Hall–Kier alpha value is -3.06. The molecule has 2 amide bonds. The fourth-order valence-corrected chi connectivity index (χ4v) is 3.80. The first-order chi connectivity index (χ1) is 14.0. The molecule has 0 spiro atoms. The van der Waals surface area contributed by atoms with Crippen LogP contribution in [0.4, 0.5) is 16.2 Å². The quantitative estimate of drug-likeness (QED) is 0.780. The molecular weight excluding hydrogens is 370 g/mol. The Morgan fingerprint density at radius 3 is 2.07 bits per heavy atom. The summed E-state index contributed by atoms with van der Waals surface area (Å²) in [5.41, 5.74) is 2.86.